The van der Waals surface area contributed by atoms with Crippen LogP contribution in [0.3, 0.4) is 0 Å². The monoisotopic (exact) mass is 280 g/mol. The molecule has 1 N–H and O–H groups in total. The van der Waals surface area contributed by atoms with Crippen molar-refractivity contribution in [3.8, 4) is 0 Å². The minimum atomic E-state index is -4.41. The summed E-state index contributed by atoms with van der Waals surface area (Å²) >= 11 is 0. The molecule has 0 amide bonds. The summed E-state index contributed by atoms with van der Waals surface area (Å²) in [6, 6.07) is 10.3. The maximum atomic E-state index is 12.7. The third kappa shape index (κ3) is 3.02. The third-order valence-corrected chi connectivity index (χ3v) is 3.26. The zero-order valence-corrected chi connectivity index (χ0v) is 11.2. The Hall–Kier alpha value is -1.81. The molecule has 0 bridgehead atoms. The number of hydrogen-bond acceptors (Lipinski definition) is 1. The second-order valence-electron chi connectivity index (χ2n) is 4.89. The van der Waals surface area contributed by atoms with Gasteiger partial charge >= 0.3 is 6.18 Å². The SMILES string of the molecule is Cc1ccc(C)c(C(O)c2cccc(C(F)(F)F)c2)c1. The number of rotatable bonds is 2. The predicted octanol–water partition coefficient (Wildman–Crippen LogP) is 4.40. The molecule has 0 aliphatic rings. The zero-order chi connectivity index (χ0) is 14.9. The molecular weight excluding hydrogens is 265 g/mol. The second-order valence-corrected chi connectivity index (χ2v) is 4.89. The largest absolute Gasteiger partial charge is 0.416 e. The van der Waals surface area contributed by atoms with Crippen LogP contribution >= 0.6 is 0 Å². The van der Waals surface area contributed by atoms with Gasteiger partial charge in [-0.25, -0.2) is 0 Å². The molecule has 0 saturated heterocycles. The Morgan fingerprint density at radius 1 is 1.00 bits per heavy atom. The zero-order valence-electron chi connectivity index (χ0n) is 11.2. The average molecular weight is 280 g/mol. The molecule has 0 spiro atoms. The Labute approximate surface area is 115 Å². The van der Waals surface area contributed by atoms with Gasteiger partial charge in [0.25, 0.3) is 0 Å². The van der Waals surface area contributed by atoms with Crippen LogP contribution in [0.1, 0.15) is 33.9 Å². The topological polar surface area (TPSA) is 20.2 Å². The Morgan fingerprint density at radius 3 is 2.35 bits per heavy atom. The highest BCUT2D eigenvalue weighted by Gasteiger charge is 2.31. The van der Waals surface area contributed by atoms with E-state index in [4.69, 9.17) is 0 Å². The van der Waals surface area contributed by atoms with Crippen LogP contribution in [0.5, 0.6) is 0 Å². The van der Waals surface area contributed by atoms with Crippen molar-refractivity contribution < 1.29 is 18.3 Å². The molecule has 1 nitrogen and oxygen atoms in total. The van der Waals surface area contributed by atoms with E-state index < -0.39 is 17.8 Å². The molecule has 1 unspecified atom stereocenters. The molecule has 0 fully saturated rings. The van der Waals surface area contributed by atoms with Gasteiger partial charge in [0.15, 0.2) is 0 Å². The van der Waals surface area contributed by atoms with Crippen LogP contribution in [0.4, 0.5) is 13.2 Å². The molecule has 4 heteroatoms. The summed E-state index contributed by atoms with van der Waals surface area (Å²) in [6.45, 7) is 3.70. The van der Waals surface area contributed by atoms with Crippen molar-refractivity contribution >= 4 is 0 Å². The lowest BCUT2D eigenvalue weighted by molar-refractivity contribution is -0.137. The number of halogens is 3. The highest BCUT2D eigenvalue weighted by atomic mass is 19.4. The molecule has 0 heterocycles. The van der Waals surface area contributed by atoms with E-state index in [0.29, 0.717) is 5.56 Å². The summed E-state index contributed by atoms with van der Waals surface area (Å²) in [6.07, 6.45) is -5.46. The molecule has 2 aromatic carbocycles. The fraction of sp³-hybridized carbons (Fsp3) is 0.250. The van der Waals surface area contributed by atoms with E-state index in [0.717, 1.165) is 23.3 Å². The lowest BCUT2D eigenvalue weighted by Gasteiger charge is -2.16. The van der Waals surface area contributed by atoms with Gasteiger partial charge in [-0.2, -0.15) is 13.2 Å². The van der Waals surface area contributed by atoms with Gasteiger partial charge in [-0.3, -0.25) is 0 Å². The molecular formula is C16H15F3O. The van der Waals surface area contributed by atoms with E-state index in [-0.39, 0.29) is 5.56 Å². The minimum absolute atomic E-state index is 0.244. The van der Waals surface area contributed by atoms with Crippen molar-refractivity contribution in [1.82, 2.24) is 0 Å². The molecule has 0 aliphatic heterocycles. The van der Waals surface area contributed by atoms with Crippen molar-refractivity contribution in [3.05, 3.63) is 70.3 Å². The summed E-state index contributed by atoms with van der Waals surface area (Å²) in [5.41, 5.74) is 1.93. The molecule has 1 atom stereocenters. The first kappa shape index (κ1) is 14.6. The van der Waals surface area contributed by atoms with Gasteiger partial charge in [0, 0.05) is 0 Å². The van der Waals surface area contributed by atoms with E-state index in [2.05, 4.69) is 0 Å². The smallest absolute Gasteiger partial charge is 0.384 e. The Morgan fingerprint density at radius 2 is 1.70 bits per heavy atom. The van der Waals surface area contributed by atoms with E-state index in [1.807, 2.05) is 26.0 Å². The molecule has 0 aromatic heterocycles. The number of aliphatic hydroxyl groups is 1. The highest BCUT2D eigenvalue weighted by molar-refractivity contribution is 5.39. The van der Waals surface area contributed by atoms with Crippen LogP contribution in [0.2, 0.25) is 0 Å². The molecule has 0 saturated carbocycles. The Bertz CT molecular complexity index is 617. The van der Waals surface area contributed by atoms with E-state index in [9.17, 15) is 18.3 Å². The van der Waals surface area contributed by atoms with Crippen LogP contribution in [-0.2, 0) is 6.18 Å². The van der Waals surface area contributed by atoms with Crippen molar-refractivity contribution in [1.29, 1.82) is 0 Å². The van der Waals surface area contributed by atoms with Crippen LogP contribution in [-0.4, -0.2) is 5.11 Å². The molecule has 20 heavy (non-hydrogen) atoms. The van der Waals surface area contributed by atoms with Crippen molar-refractivity contribution in [3.63, 3.8) is 0 Å². The van der Waals surface area contributed by atoms with Gasteiger partial charge in [0.1, 0.15) is 6.10 Å². The van der Waals surface area contributed by atoms with E-state index >= 15 is 0 Å². The van der Waals surface area contributed by atoms with Gasteiger partial charge in [-0.05, 0) is 42.7 Å². The Kier molecular flexibility index (Phi) is 3.86. The molecule has 106 valence electrons. The quantitative estimate of drug-likeness (QED) is 0.864. The van der Waals surface area contributed by atoms with Crippen molar-refractivity contribution in [2.45, 2.75) is 26.1 Å². The predicted molar refractivity (Wildman–Crippen MR) is 71.4 cm³/mol. The summed E-state index contributed by atoms with van der Waals surface area (Å²) in [4.78, 5) is 0. The highest BCUT2D eigenvalue weighted by Crippen LogP contribution is 2.32. The minimum Gasteiger partial charge on any atom is -0.384 e. The maximum absolute atomic E-state index is 12.7. The number of hydrogen-bond donors (Lipinski definition) is 1. The molecule has 0 radical (unpaired) electrons. The molecule has 2 aromatic rings. The van der Waals surface area contributed by atoms with Crippen molar-refractivity contribution in [2.75, 3.05) is 0 Å². The van der Waals surface area contributed by atoms with E-state index in [1.54, 1.807) is 6.07 Å². The fourth-order valence-corrected chi connectivity index (χ4v) is 2.12. The van der Waals surface area contributed by atoms with Gasteiger partial charge < -0.3 is 5.11 Å². The van der Waals surface area contributed by atoms with Gasteiger partial charge in [-0.1, -0.05) is 35.9 Å². The first-order chi connectivity index (χ1) is 9.29. The number of aliphatic hydroxyl groups excluding tert-OH is 1. The fourth-order valence-electron chi connectivity index (χ4n) is 2.12. The summed E-state index contributed by atoms with van der Waals surface area (Å²) in [5.74, 6) is 0. The van der Waals surface area contributed by atoms with Crippen LogP contribution in [0.25, 0.3) is 0 Å². The summed E-state index contributed by atoms with van der Waals surface area (Å²) in [5, 5.41) is 10.3. The van der Waals surface area contributed by atoms with Gasteiger partial charge in [0.2, 0.25) is 0 Å². The molecule has 0 aliphatic carbocycles. The van der Waals surface area contributed by atoms with Crippen LogP contribution < -0.4 is 0 Å². The first-order valence-corrected chi connectivity index (χ1v) is 6.21. The van der Waals surface area contributed by atoms with Gasteiger partial charge in [0.05, 0.1) is 5.56 Å². The van der Waals surface area contributed by atoms with Gasteiger partial charge in [-0.15, -0.1) is 0 Å². The van der Waals surface area contributed by atoms with Crippen molar-refractivity contribution in [2.24, 2.45) is 0 Å². The average Bonchev–Trinajstić information content (AvgIpc) is 2.40. The molecule has 2 rings (SSSR count). The normalized spacial score (nSPS) is 13.3. The lowest BCUT2D eigenvalue weighted by atomic mass is 9.95. The number of alkyl halides is 3. The van der Waals surface area contributed by atoms with E-state index in [1.165, 1.54) is 12.1 Å². The van der Waals surface area contributed by atoms with Crippen LogP contribution in [0, 0.1) is 13.8 Å². The number of aryl methyl sites for hydroxylation is 2. The van der Waals surface area contributed by atoms with Crippen LogP contribution in [0.15, 0.2) is 42.5 Å². The summed E-state index contributed by atoms with van der Waals surface area (Å²) in [7, 11) is 0. The standard InChI is InChI=1S/C16H15F3O/c1-10-6-7-11(2)14(8-10)15(20)12-4-3-5-13(9-12)16(17,18)19/h3-9,15,20H,1-2H3. The number of benzene rings is 2. The summed E-state index contributed by atoms with van der Waals surface area (Å²) < 4.78 is 38.1. The lowest BCUT2D eigenvalue weighted by Crippen LogP contribution is -2.08. The second kappa shape index (κ2) is 5.29. The first-order valence-electron chi connectivity index (χ1n) is 6.21. The maximum Gasteiger partial charge on any atom is 0.416 e. The third-order valence-electron chi connectivity index (χ3n) is 3.26. The Balaban J connectivity index is 2.43.